The summed E-state index contributed by atoms with van der Waals surface area (Å²) in [6.07, 6.45) is 3.24. The van der Waals surface area contributed by atoms with Crippen LogP contribution in [0, 0.1) is 25.7 Å². The van der Waals surface area contributed by atoms with Gasteiger partial charge in [0.2, 0.25) is 0 Å². The van der Waals surface area contributed by atoms with E-state index in [9.17, 15) is 14.4 Å². The maximum Gasteiger partial charge on any atom is 0.325 e. The Balaban J connectivity index is 1.71. The molecule has 1 aliphatic rings. The number of benzene rings is 1. The SMILES string of the molecule is Cc1ccc(C(=O)NCC(=O)OCC(=O)N[C@@H]2CCC[C@@H](C)[C@@H]2C)cc1C. The summed E-state index contributed by atoms with van der Waals surface area (Å²) in [6, 6.07) is 5.47. The molecule has 0 aromatic heterocycles. The smallest absolute Gasteiger partial charge is 0.325 e. The normalized spacial score (nSPS) is 22.0. The average Bonchev–Trinajstić information content (AvgIpc) is 2.64. The van der Waals surface area contributed by atoms with Gasteiger partial charge in [-0.05, 0) is 55.4 Å². The molecule has 2 rings (SSSR count). The number of carbonyl (C=O) groups excluding carboxylic acids is 3. The lowest BCUT2D eigenvalue weighted by molar-refractivity contribution is -0.147. The zero-order valence-corrected chi connectivity index (χ0v) is 16.6. The van der Waals surface area contributed by atoms with E-state index in [0.29, 0.717) is 17.4 Å². The molecule has 3 atom stereocenters. The predicted octanol–water partition coefficient (Wildman–Crippen LogP) is 2.52. The molecule has 0 aliphatic heterocycles. The summed E-state index contributed by atoms with van der Waals surface area (Å²) in [7, 11) is 0. The van der Waals surface area contributed by atoms with Crippen molar-refractivity contribution in [1.82, 2.24) is 10.6 Å². The molecule has 0 saturated heterocycles. The first-order chi connectivity index (χ1) is 12.8. The van der Waals surface area contributed by atoms with E-state index in [-0.39, 0.29) is 31.0 Å². The molecule has 27 heavy (non-hydrogen) atoms. The zero-order chi connectivity index (χ0) is 20.0. The summed E-state index contributed by atoms with van der Waals surface area (Å²) in [4.78, 5) is 35.9. The van der Waals surface area contributed by atoms with E-state index in [1.165, 1.54) is 6.42 Å². The summed E-state index contributed by atoms with van der Waals surface area (Å²) in [6.45, 7) is 7.64. The van der Waals surface area contributed by atoms with Crippen molar-refractivity contribution in [2.24, 2.45) is 11.8 Å². The first kappa shape index (κ1) is 20.9. The van der Waals surface area contributed by atoms with Crippen molar-refractivity contribution in [3.63, 3.8) is 0 Å². The maximum absolute atomic E-state index is 12.1. The monoisotopic (exact) mass is 374 g/mol. The van der Waals surface area contributed by atoms with Gasteiger partial charge in [0.1, 0.15) is 6.54 Å². The number of hydrogen-bond donors (Lipinski definition) is 2. The molecule has 1 fully saturated rings. The second-order valence-corrected chi connectivity index (χ2v) is 7.58. The van der Waals surface area contributed by atoms with Crippen LogP contribution in [0.2, 0.25) is 0 Å². The number of ether oxygens (including phenoxy) is 1. The van der Waals surface area contributed by atoms with Crippen LogP contribution in [-0.4, -0.2) is 37.0 Å². The topological polar surface area (TPSA) is 84.5 Å². The van der Waals surface area contributed by atoms with Crippen molar-refractivity contribution in [2.75, 3.05) is 13.2 Å². The molecule has 0 unspecified atom stereocenters. The number of esters is 1. The molecule has 0 spiro atoms. The molecular weight excluding hydrogens is 344 g/mol. The van der Waals surface area contributed by atoms with Crippen LogP contribution in [0.5, 0.6) is 0 Å². The molecule has 6 nitrogen and oxygen atoms in total. The lowest BCUT2D eigenvalue weighted by atomic mass is 9.78. The molecule has 0 bridgehead atoms. The number of carbonyl (C=O) groups is 3. The van der Waals surface area contributed by atoms with Gasteiger partial charge in [0.25, 0.3) is 11.8 Å². The van der Waals surface area contributed by atoms with Crippen LogP contribution in [0.15, 0.2) is 18.2 Å². The largest absolute Gasteiger partial charge is 0.454 e. The van der Waals surface area contributed by atoms with Crippen LogP contribution in [0.3, 0.4) is 0 Å². The Labute approximate surface area is 161 Å². The Morgan fingerprint density at radius 3 is 2.56 bits per heavy atom. The third kappa shape index (κ3) is 6.08. The highest BCUT2D eigenvalue weighted by Gasteiger charge is 2.28. The van der Waals surface area contributed by atoms with E-state index < -0.39 is 5.97 Å². The van der Waals surface area contributed by atoms with Crippen molar-refractivity contribution < 1.29 is 19.1 Å². The van der Waals surface area contributed by atoms with E-state index in [2.05, 4.69) is 24.5 Å². The quantitative estimate of drug-likeness (QED) is 0.750. The van der Waals surface area contributed by atoms with Gasteiger partial charge in [0.15, 0.2) is 6.61 Å². The molecule has 0 radical (unpaired) electrons. The molecule has 148 valence electrons. The van der Waals surface area contributed by atoms with E-state index in [1.807, 2.05) is 19.9 Å². The Morgan fingerprint density at radius 1 is 1.11 bits per heavy atom. The van der Waals surface area contributed by atoms with Crippen LogP contribution >= 0.6 is 0 Å². The second-order valence-electron chi connectivity index (χ2n) is 7.58. The third-order valence-corrected chi connectivity index (χ3v) is 5.58. The molecule has 0 heterocycles. The van der Waals surface area contributed by atoms with Gasteiger partial charge in [0, 0.05) is 11.6 Å². The van der Waals surface area contributed by atoms with Crippen LogP contribution in [-0.2, 0) is 14.3 Å². The van der Waals surface area contributed by atoms with Gasteiger partial charge in [-0.2, -0.15) is 0 Å². The second kappa shape index (κ2) is 9.53. The van der Waals surface area contributed by atoms with Crippen molar-refractivity contribution >= 4 is 17.8 Å². The van der Waals surface area contributed by atoms with Crippen LogP contribution in [0.4, 0.5) is 0 Å². The fourth-order valence-corrected chi connectivity index (χ4v) is 3.37. The molecule has 2 amide bonds. The Hall–Kier alpha value is -2.37. The van der Waals surface area contributed by atoms with Crippen LogP contribution in [0.25, 0.3) is 0 Å². The average molecular weight is 374 g/mol. The number of rotatable bonds is 6. The van der Waals surface area contributed by atoms with Crippen LogP contribution < -0.4 is 10.6 Å². The van der Waals surface area contributed by atoms with Gasteiger partial charge in [0.05, 0.1) is 0 Å². The molecular formula is C21H30N2O4. The van der Waals surface area contributed by atoms with Crippen LogP contribution in [0.1, 0.15) is 54.6 Å². The summed E-state index contributed by atoms with van der Waals surface area (Å²) < 4.78 is 4.97. The Morgan fingerprint density at radius 2 is 1.85 bits per heavy atom. The number of nitrogens with one attached hydrogen (secondary N) is 2. The van der Waals surface area contributed by atoms with Gasteiger partial charge in [-0.1, -0.05) is 32.8 Å². The van der Waals surface area contributed by atoms with Crippen molar-refractivity contribution in [2.45, 2.75) is 53.0 Å². The standard InChI is InChI=1S/C21H30N2O4/c1-13-8-9-17(10-15(13)3)21(26)22-11-20(25)27-12-19(24)23-18-7-5-6-14(2)16(18)4/h8-10,14,16,18H,5-7,11-12H2,1-4H3,(H,22,26)(H,23,24)/t14-,16+,18-/m1/s1. The highest BCUT2D eigenvalue weighted by atomic mass is 16.5. The number of aryl methyl sites for hydroxylation is 2. The molecule has 1 aliphatic carbocycles. The Bertz CT molecular complexity index is 701. The van der Waals surface area contributed by atoms with Gasteiger partial charge in [-0.25, -0.2) is 0 Å². The van der Waals surface area contributed by atoms with Gasteiger partial charge in [-0.15, -0.1) is 0 Å². The van der Waals surface area contributed by atoms with Crippen molar-refractivity contribution in [3.8, 4) is 0 Å². The summed E-state index contributed by atoms with van der Waals surface area (Å²) in [5.74, 6) is -0.283. The maximum atomic E-state index is 12.1. The zero-order valence-electron chi connectivity index (χ0n) is 16.6. The van der Waals surface area contributed by atoms with E-state index >= 15 is 0 Å². The molecule has 2 N–H and O–H groups in total. The minimum Gasteiger partial charge on any atom is -0.454 e. The number of amides is 2. The highest BCUT2D eigenvalue weighted by Crippen LogP contribution is 2.29. The summed E-state index contributed by atoms with van der Waals surface area (Å²) >= 11 is 0. The predicted molar refractivity (Wildman–Crippen MR) is 103 cm³/mol. The first-order valence-corrected chi connectivity index (χ1v) is 9.58. The third-order valence-electron chi connectivity index (χ3n) is 5.58. The highest BCUT2D eigenvalue weighted by molar-refractivity contribution is 5.96. The molecule has 1 aromatic rings. The molecule has 6 heteroatoms. The van der Waals surface area contributed by atoms with E-state index in [4.69, 9.17) is 4.74 Å². The molecule has 1 saturated carbocycles. The number of hydrogen-bond acceptors (Lipinski definition) is 4. The van der Waals surface area contributed by atoms with E-state index in [1.54, 1.807) is 12.1 Å². The summed E-state index contributed by atoms with van der Waals surface area (Å²) in [5, 5.41) is 5.47. The lowest BCUT2D eigenvalue weighted by Gasteiger charge is -2.34. The van der Waals surface area contributed by atoms with Gasteiger partial charge in [-0.3, -0.25) is 14.4 Å². The Kier molecular flexibility index (Phi) is 7.39. The fraction of sp³-hybridized carbons (Fsp3) is 0.571. The van der Waals surface area contributed by atoms with Crippen molar-refractivity contribution in [1.29, 1.82) is 0 Å². The van der Waals surface area contributed by atoms with E-state index in [0.717, 1.165) is 24.0 Å². The van der Waals surface area contributed by atoms with Crippen molar-refractivity contribution in [3.05, 3.63) is 34.9 Å². The minimum absolute atomic E-state index is 0.129. The lowest BCUT2D eigenvalue weighted by Crippen LogP contribution is -2.45. The fourth-order valence-electron chi connectivity index (χ4n) is 3.37. The minimum atomic E-state index is -0.632. The molecule has 1 aromatic carbocycles. The summed E-state index contributed by atoms with van der Waals surface area (Å²) in [5.41, 5.74) is 2.59. The van der Waals surface area contributed by atoms with Gasteiger partial charge < -0.3 is 15.4 Å². The van der Waals surface area contributed by atoms with Gasteiger partial charge >= 0.3 is 5.97 Å². The first-order valence-electron chi connectivity index (χ1n) is 9.58.